The Hall–Kier alpha value is -2.56. The Morgan fingerprint density at radius 2 is 1.85 bits per heavy atom. The highest BCUT2D eigenvalue weighted by atomic mass is 16.1. The second kappa shape index (κ2) is 8.70. The molecular weight excluding hydrogens is 324 g/mol. The number of hydrogen-bond acceptors (Lipinski definition) is 4. The molecule has 26 heavy (non-hydrogen) atoms. The predicted octanol–water partition coefficient (Wildman–Crippen LogP) is 4.20. The first-order valence-corrected chi connectivity index (χ1v) is 9.48. The van der Waals surface area contributed by atoms with E-state index in [0.29, 0.717) is 23.8 Å². The van der Waals surface area contributed by atoms with Gasteiger partial charge in [-0.25, -0.2) is 4.98 Å². The molecule has 0 bridgehead atoms. The monoisotopic (exact) mass is 352 g/mol. The number of rotatable bonds is 6. The molecule has 1 amide bonds. The van der Waals surface area contributed by atoms with Crippen molar-refractivity contribution < 1.29 is 4.79 Å². The van der Waals surface area contributed by atoms with Crippen LogP contribution in [0.5, 0.6) is 0 Å². The number of pyridine rings is 1. The molecule has 1 aromatic heterocycles. The van der Waals surface area contributed by atoms with Gasteiger partial charge in [-0.15, -0.1) is 0 Å². The summed E-state index contributed by atoms with van der Waals surface area (Å²) in [5.41, 5.74) is 2.86. The molecule has 1 fully saturated rings. The molecule has 0 radical (unpaired) electrons. The van der Waals surface area contributed by atoms with Gasteiger partial charge in [0.25, 0.3) is 5.91 Å². The van der Waals surface area contributed by atoms with E-state index in [-0.39, 0.29) is 5.91 Å². The third kappa shape index (κ3) is 4.97. The van der Waals surface area contributed by atoms with Gasteiger partial charge < -0.3 is 15.5 Å². The van der Waals surface area contributed by atoms with Crippen molar-refractivity contribution >= 4 is 23.1 Å². The number of amides is 1. The van der Waals surface area contributed by atoms with Gasteiger partial charge in [-0.1, -0.05) is 13.8 Å². The topological polar surface area (TPSA) is 57.3 Å². The van der Waals surface area contributed by atoms with Crippen LogP contribution in [0.15, 0.2) is 42.6 Å². The Bertz CT molecular complexity index is 721. The minimum absolute atomic E-state index is 0.0652. The van der Waals surface area contributed by atoms with Crippen molar-refractivity contribution in [3.8, 4) is 0 Å². The van der Waals surface area contributed by atoms with Gasteiger partial charge in [0.1, 0.15) is 5.82 Å². The molecule has 138 valence electrons. The van der Waals surface area contributed by atoms with Crippen LogP contribution in [-0.4, -0.2) is 30.5 Å². The zero-order chi connectivity index (χ0) is 18.4. The quantitative estimate of drug-likeness (QED) is 0.818. The highest BCUT2D eigenvalue weighted by Gasteiger charge is 2.11. The summed E-state index contributed by atoms with van der Waals surface area (Å²) in [5, 5.41) is 6.22. The van der Waals surface area contributed by atoms with Gasteiger partial charge in [0, 0.05) is 42.8 Å². The molecule has 0 aliphatic carbocycles. The number of carbonyl (C=O) groups is 1. The SMILES string of the molecule is CC(C)CNC(=O)c1ccnc(Nc2ccc(N3CCCCC3)cc2)c1. The van der Waals surface area contributed by atoms with Gasteiger partial charge in [-0.2, -0.15) is 0 Å². The molecule has 0 unspecified atom stereocenters. The lowest BCUT2D eigenvalue weighted by Crippen LogP contribution is -2.29. The largest absolute Gasteiger partial charge is 0.372 e. The first-order chi connectivity index (χ1) is 12.6. The molecule has 1 saturated heterocycles. The second-order valence-corrected chi connectivity index (χ2v) is 7.25. The van der Waals surface area contributed by atoms with Crippen molar-refractivity contribution in [3.05, 3.63) is 48.2 Å². The van der Waals surface area contributed by atoms with Crippen molar-refractivity contribution in [3.63, 3.8) is 0 Å². The van der Waals surface area contributed by atoms with Gasteiger partial charge in [-0.05, 0) is 61.6 Å². The average Bonchev–Trinajstić information content (AvgIpc) is 2.67. The summed E-state index contributed by atoms with van der Waals surface area (Å²) in [7, 11) is 0. The van der Waals surface area contributed by atoms with E-state index in [1.54, 1.807) is 18.3 Å². The van der Waals surface area contributed by atoms with Crippen molar-refractivity contribution in [2.24, 2.45) is 5.92 Å². The van der Waals surface area contributed by atoms with Gasteiger partial charge in [-0.3, -0.25) is 4.79 Å². The van der Waals surface area contributed by atoms with E-state index in [1.165, 1.54) is 24.9 Å². The number of nitrogens with zero attached hydrogens (tertiary/aromatic N) is 2. The number of carbonyl (C=O) groups excluding carboxylic acids is 1. The highest BCUT2D eigenvalue weighted by molar-refractivity contribution is 5.94. The van der Waals surface area contributed by atoms with Gasteiger partial charge in [0.15, 0.2) is 0 Å². The van der Waals surface area contributed by atoms with Crippen LogP contribution in [0.3, 0.4) is 0 Å². The average molecular weight is 352 g/mol. The van der Waals surface area contributed by atoms with Crippen LogP contribution in [0.2, 0.25) is 0 Å². The number of benzene rings is 1. The molecule has 0 spiro atoms. The maximum Gasteiger partial charge on any atom is 0.251 e. The lowest BCUT2D eigenvalue weighted by atomic mass is 10.1. The summed E-state index contributed by atoms with van der Waals surface area (Å²) in [6.45, 7) is 7.10. The molecule has 2 aromatic rings. The Morgan fingerprint density at radius 3 is 2.54 bits per heavy atom. The van der Waals surface area contributed by atoms with Crippen molar-refractivity contribution in [1.29, 1.82) is 0 Å². The van der Waals surface area contributed by atoms with E-state index in [2.05, 4.69) is 58.6 Å². The standard InChI is InChI=1S/C21H28N4O/c1-16(2)15-23-21(26)17-10-11-22-20(14-17)24-18-6-8-19(9-7-18)25-12-4-3-5-13-25/h6-11,14,16H,3-5,12-13,15H2,1-2H3,(H,22,24)(H,23,26). The van der Waals surface area contributed by atoms with Gasteiger partial charge >= 0.3 is 0 Å². The summed E-state index contributed by atoms with van der Waals surface area (Å²) in [6.07, 6.45) is 5.54. The lowest BCUT2D eigenvalue weighted by molar-refractivity contribution is 0.0949. The van der Waals surface area contributed by atoms with Crippen LogP contribution in [0, 0.1) is 5.92 Å². The Balaban J connectivity index is 1.63. The molecule has 5 heteroatoms. The van der Waals surface area contributed by atoms with E-state index in [1.807, 2.05) is 0 Å². The van der Waals surface area contributed by atoms with Crippen LogP contribution in [0.4, 0.5) is 17.2 Å². The third-order valence-electron chi connectivity index (χ3n) is 4.55. The minimum atomic E-state index is -0.0652. The van der Waals surface area contributed by atoms with Crippen LogP contribution >= 0.6 is 0 Å². The number of hydrogen-bond donors (Lipinski definition) is 2. The lowest BCUT2D eigenvalue weighted by Gasteiger charge is -2.28. The molecule has 1 aliphatic rings. The number of anilines is 3. The maximum atomic E-state index is 12.2. The molecule has 0 atom stereocenters. The maximum absolute atomic E-state index is 12.2. The van der Waals surface area contributed by atoms with Crippen molar-refractivity contribution in [2.75, 3.05) is 29.9 Å². The number of piperidine rings is 1. The summed E-state index contributed by atoms with van der Waals surface area (Å²) >= 11 is 0. The third-order valence-corrected chi connectivity index (χ3v) is 4.55. The Kier molecular flexibility index (Phi) is 6.10. The fraction of sp³-hybridized carbons (Fsp3) is 0.429. The van der Waals surface area contributed by atoms with Crippen LogP contribution in [0.25, 0.3) is 0 Å². The molecule has 3 rings (SSSR count). The molecule has 1 aromatic carbocycles. The van der Waals surface area contributed by atoms with Gasteiger partial charge in [0.2, 0.25) is 0 Å². The first kappa shape index (κ1) is 18.2. The molecule has 1 aliphatic heterocycles. The molecule has 2 N–H and O–H groups in total. The molecule has 5 nitrogen and oxygen atoms in total. The minimum Gasteiger partial charge on any atom is -0.372 e. The highest BCUT2D eigenvalue weighted by Crippen LogP contribution is 2.23. The van der Waals surface area contributed by atoms with E-state index in [9.17, 15) is 4.79 Å². The molecule has 0 saturated carbocycles. The van der Waals surface area contributed by atoms with Crippen LogP contribution in [0.1, 0.15) is 43.5 Å². The van der Waals surface area contributed by atoms with E-state index < -0.39 is 0 Å². The zero-order valence-corrected chi connectivity index (χ0v) is 15.7. The number of nitrogens with one attached hydrogen (secondary N) is 2. The van der Waals surface area contributed by atoms with E-state index in [0.717, 1.165) is 18.8 Å². The second-order valence-electron chi connectivity index (χ2n) is 7.25. The molecular formula is C21H28N4O. The van der Waals surface area contributed by atoms with Crippen molar-refractivity contribution in [1.82, 2.24) is 10.3 Å². The first-order valence-electron chi connectivity index (χ1n) is 9.48. The smallest absolute Gasteiger partial charge is 0.251 e. The zero-order valence-electron chi connectivity index (χ0n) is 15.7. The summed E-state index contributed by atoms with van der Waals surface area (Å²) in [6, 6.07) is 11.9. The molecule has 2 heterocycles. The van der Waals surface area contributed by atoms with E-state index >= 15 is 0 Å². The predicted molar refractivity (Wildman–Crippen MR) is 107 cm³/mol. The normalized spacial score (nSPS) is 14.3. The summed E-state index contributed by atoms with van der Waals surface area (Å²) in [5.74, 6) is 1.04. The fourth-order valence-electron chi connectivity index (χ4n) is 3.09. The Labute approximate surface area is 155 Å². The van der Waals surface area contributed by atoms with Gasteiger partial charge in [0.05, 0.1) is 0 Å². The van der Waals surface area contributed by atoms with Crippen molar-refractivity contribution in [2.45, 2.75) is 33.1 Å². The van der Waals surface area contributed by atoms with Crippen LogP contribution < -0.4 is 15.5 Å². The van der Waals surface area contributed by atoms with Crippen LogP contribution in [-0.2, 0) is 0 Å². The van der Waals surface area contributed by atoms with E-state index in [4.69, 9.17) is 0 Å². The summed E-state index contributed by atoms with van der Waals surface area (Å²) < 4.78 is 0. The fourth-order valence-corrected chi connectivity index (χ4v) is 3.09. The Morgan fingerprint density at radius 1 is 1.12 bits per heavy atom. The summed E-state index contributed by atoms with van der Waals surface area (Å²) in [4.78, 5) is 19.0. The number of aromatic nitrogens is 1.